The van der Waals surface area contributed by atoms with Crippen LogP contribution in [0.1, 0.15) is 6.92 Å². The molecule has 0 aromatic rings. The number of hydrogen-bond donors (Lipinski definition) is 1. The summed E-state index contributed by atoms with van der Waals surface area (Å²) in [6, 6.07) is 0. The second-order valence-corrected chi connectivity index (χ2v) is 2.05. The molecule has 0 atom stereocenters. The van der Waals surface area contributed by atoms with E-state index in [0.29, 0.717) is 11.3 Å². The van der Waals surface area contributed by atoms with Crippen molar-refractivity contribution in [3.05, 3.63) is 36.1 Å². The SMILES string of the molecule is C=C/C=C(C(=O)OC)\C(N)=C/C. The van der Waals surface area contributed by atoms with Gasteiger partial charge in [-0.15, -0.1) is 0 Å². The molecule has 0 fully saturated rings. The van der Waals surface area contributed by atoms with Gasteiger partial charge >= 0.3 is 5.97 Å². The summed E-state index contributed by atoms with van der Waals surface area (Å²) in [5.41, 5.74) is 6.24. The summed E-state index contributed by atoms with van der Waals surface area (Å²) in [5.74, 6) is -0.453. The van der Waals surface area contributed by atoms with E-state index in [2.05, 4.69) is 11.3 Å². The summed E-state index contributed by atoms with van der Waals surface area (Å²) in [5, 5.41) is 0. The average Bonchev–Trinajstić information content (AvgIpc) is 2.11. The van der Waals surface area contributed by atoms with E-state index in [0.717, 1.165) is 0 Å². The van der Waals surface area contributed by atoms with Gasteiger partial charge in [-0.3, -0.25) is 0 Å². The molecule has 0 saturated heterocycles. The first-order valence-electron chi connectivity index (χ1n) is 3.50. The molecule has 0 saturated carbocycles. The van der Waals surface area contributed by atoms with Crippen LogP contribution in [0.15, 0.2) is 36.1 Å². The van der Waals surface area contributed by atoms with Gasteiger partial charge in [0, 0.05) is 5.70 Å². The number of rotatable bonds is 3. The first-order valence-corrected chi connectivity index (χ1v) is 3.50. The highest BCUT2D eigenvalue weighted by molar-refractivity contribution is 5.93. The van der Waals surface area contributed by atoms with E-state index in [1.54, 1.807) is 13.0 Å². The van der Waals surface area contributed by atoms with E-state index in [1.807, 2.05) is 0 Å². The lowest BCUT2D eigenvalue weighted by molar-refractivity contribution is -0.135. The lowest BCUT2D eigenvalue weighted by Crippen LogP contribution is -2.12. The van der Waals surface area contributed by atoms with Crippen molar-refractivity contribution in [3.8, 4) is 0 Å². The molecular formula is C9H13NO2. The molecule has 0 rings (SSSR count). The Morgan fingerprint density at radius 3 is 2.50 bits per heavy atom. The minimum atomic E-state index is -0.453. The van der Waals surface area contributed by atoms with Gasteiger partial charge < -0.3 is 10.5 Å². The molecule has 0 amide bonds. The maximum atomic E-state index is 11.0. The molecule has 2 N–H and O–H groups in total. The zero-order valence-corrected chi connectivity index (χ0v) is 7.33. The van der Waals surface area contributed by atoms with E-state index in [4.69, 9.17) is 5.73 Å². The molecule has 0 bridgehead atoms. The van der Waals surface area contributed by atoms with Gasteiger partial charge in [0.25, 0.3) is 0 Å². The minimum absolute atomic E-state index is 0.329. The van der Waals surface area contributed by atoms with E-state index in [-0.39, 0.29) is 0 Å². The summed E-state index contributed by atoms with van der Waals surface area (Å²) in [4.78, 5) is 11.0. The molecule has 0 unspecified atom stereocenters. The molecule has 3 heteroatoms. The Kier molecular flexibility index (Phi) is 4.53. The Balaban J connectivity index is 4.80. The first-order chi connectivity index (χ1) is 5.67. The number of carbonyl (C=O) groups is 1. The van der Waals surface area contributed by atoms with Crippen molar-refractivity contribution >= 4 is 5.97 Å². The summed E-state index contributed by atoms with van der Waals surface area (Å²) in [7, 11) is 1.31. The fraction of sp³-hybridized carbons (Fsp3) is 0.222. The fourth-order valence-electron chi connectivity index (χ4n) is 0.665. The molecule has 0 spiro atoms. The van der Waals surface area contributed by atoms with Crippen LogP contribution in [0.2, 0.25) is 0 Å². The van der Waals surface area contributed by atoms with Crippen molar-refractivity contribution in [2.45, 2.75) is 6.92 Å². The number of carbonyl (C=O) groups excluding carboxylic acids is 1. The Morgan fingerprint density at radius 1 is 1.58 bits per heavy atom. The molecule has 3 nitrogen and oxygen atoms in total. The van der Waals surface area contributed by atoms with Gasteiger partial charge in [-0.1, -0.05) is 18.7 Å². The molecule has 0 aromatic heterocycles. The fourth-order valence-corrected chi connectivity index (χ4v) is 0.665. The third kappa shape index (κ3) is 2.62. The van der Waals surface area contributed by atoms with Crippen LogP contribution in [-0.2, 0) is 9.53 Å². The molecule has 0 aliphatic heterocycles. The predicted octanol–water partition coefficient (Wildman–Crippen LogP) is 1.13. The summed E-state index contributed by atoms with van der Waals surface area (Å²) < 4.78 is 4.51. The average molecular weight is 167 g/mol. The molecule has 0 aliphatic rings. The number of allylic oxidation sites excluding steroid dienone is 3. The lowest BCUT2D eigenvalue weighted by atomic mass is 10.2. The van der Waals surface area contributed by atoms with Crippen molar-refractivity contribution in [2.75, 3.05) is 7.11 Å². The maximum Gasteiger partial charge on any atom is 0.339 e. The number of nitrogens with two attached hydrogens (primary N) is 1. The highest BCUT2D eigenvalue weighted by atomic mass is 16.5. The first kappa shape index (κ1) is 10.5. The zero-order valence-electron chi connectivity index (χ0n) is 7.33. The second kappa shape index (κ2) is 5.18. The number of ether oxygens (including phenoxy) is 1. The molecule has 0 radical (unpaired) electrons. The molecule has 66 valence electrons. The van der Waals surface area contributed by atoms with Crippen molar-refractivity contribution < 1.29 is 9.53 Å². The van der Waals surface area contributed by atoms with Crippen LogP contribution in [-0.4, -0.2) is 13.1 Å². The Morgan fingerprint density at radius 2 is 2.17 bits per heavy atom. The van der Waals surface area contributed by atoms with Crippen LogP contribution in [0.4, 0.5) is 0 Å². The maximum absolute atomic E-state index is 11.0. The highest BCUT2D eigenvalue weighted by Gasteiger charge is 2.09. The largest absolute Gasteiger partial charge is 0.465 e. The van der Waals surface area contributed by atoms with Crippen LogP contribution < -0.4 is 5.73 Å². The lowest BCUT2D eigenvalue weighted by Gasteiger charge is -2.03. The van der Waals surface area contributed by atoms with Gasteiger partial charge in [-0.25, -0.2) is 4.79 Å². The third-order valence-electron chi connectivity index (χ3n) is 1.31. The number of hydrogen-bond acceptors (Lipinski definition) is 3. The van der Waals surface area contributed by atoms with Crippen LogP contribution in [0.5, 0.6) is 0 Å². The monoisotopic (exact) mass is 167 g/mol. The van der Waals surface area contributed by atoms with Gasteiger partial charge in [0.15, 0.2) is 0 Å². The van der Waals surface area contributed by atoms with Crippen LogP contribution >= 0.6 is 0 Å². The third-order valence-corrected chi connectivity index (χ3v) is 1.31. The Labute approximate surface area is 72.2 Å². The summed E-state index contributed by atoms with van der Waals surface area (Å²) in [6.07, 6.45) is 4.63. The van der Waals surface area contributed by atoms with Crippen LogP contribution in [0, 0.1) is 0 Å². The topological polar surface area (TPSA) is 52.3 Å². The molecule has 12 heavy (non-hydrogen) atoms. The zero-order chi connectivity index (χ0) is 9.56. The summed E-state index contributed by atoms with van der Waals surface area (Å²) >= 11 is 0. The predicted molar refractivity (Wildman–Crippen MR) is 48.2 cm³/mol. The number of esters is 1. The van der Waals surface area contributed by atoms with Gasteiger partial charge in [0.05, 0.1) is 12.7 Å². The van der Waals surface area contributed by atoms with E-state index >= 15 is 0 Å². The van der Waals surface area contributed by atoms with Gasteiger partial charge in [-0.2, -0.15) is 0 Å². The second-order valence-electron chi connectivity index (χ2n) is 2.05. The van der Waals surface area contributed by atoms with E-state index < -0.39 is 5.97 Å². The van der Waals surface area contributed by atoms with Crippen LogP contribution in [0.3, 0.4) is 0 Å². The Bertz CT molecular complexity index is 239. The Hall–Kier alpha value is -1.51. The number of methoxy groups -OCH3 is 1. The highest BCUT2D eigenvalue weighted by Crippen LogP contribution is 2.05. The van der Waals surface area contributed by atoms with Gasteiger partial charge in [0.2, 0.25) is 0 Å². The minimum Gasteiger partial charge on any atom is -0.465 e. The van der Waals surface area contributed by atoms with Gasteiger partial charge in [0.1, 0.15) is 0 Å². The van der Waals surface area contributed by atoms with E-state index in [1.165, 1.54) is 19.3 Å². The molecular weight excluding hydrogens is 154 g/mol. The smallest absolute Gasteiger partial charge is 0.339 e. The normalized spacial score (nSPS) is 12.5. The van der Waals surface area contributed by atoms with Gasteiger partial charge in [-0.05, 0) is 13.0 Å². The van der Waals surface area contributed by atoms with Crippen molar-refractivity contribution in [1.29, 1.82) is 0 Å². The molecule has 0 aromatic carbocycles. The molecule has 0 aliphatic carbocycles. The standard InChI is InChI=1S/C9H13NO2/c1-4-6-7(8(10)5-2)9(11)12-3/h4-6H,1,10H2,2-3H3/b7-6+,8-5+. The molecule has 0 heterocycles. The van der Waals surface area contributed by atoms with Crippen LogP contribution in [0.25, 0.3) is 0 Å². The summed E-state index contributed by atoms with van der Waals surface area (Å²) in [6.45, 7) is 5.21. The van der Waals surface area contributed by atoms with E-state index in [9.17, 15) is 4.79 Å². The van der Waals surface area contributed by atoms with Crippen molar-refractivity contribution in [2.24, 2.45) is 5.73 Å². The quantitative estimate of drug-likeness (QED) is 0.389. The van der Waals surface area contributed by atoms with Crippen molar-refractivity contribution in [3.63, 3.8) is 0 Å². The van der Waals surface area contributed by atoms with Crippen molar-refractivity contribution in [1.82, 2.24) is 0 Å².